The molecular formula is C23H23NO5. The van der Waals surface area contributed by atoms with E-state index in [1.165, 1.54) is 0 Å². The molecule has 0 spiro atoms. The van der Waals surface area contributed by atoms with Crippen molar-refractivity contribution in [3.8, 4) is 11.5 Å². The number of amides is 1. The zero-order chi connectivity index (χ0) is 20.8. The Morgan fingerprint density at radius 3 is 2.59 bits per heavy atom. The van der Waals surface area contributed by atoms with Gasteiger partial charge in [0.1, 0.15) is 22.7 Å². The van der Waals surface area contributed by atoms with Gasteiger partial charge in [0, 0.05) is 17.5 Å². The summed E-state index contributed by atoms with van der Waals surface area (Å²) < 4.78 is 16.9. The molecule has 3 aromatic rings. The standard InChI is InChI=1S/C23H23NO5/c1-13-19-17(9-10-18-20(19)16(25)11-23(2,3)29-18)28-21(13)22(26)24-12-14-5-7-15(27-4)8-6-14/h5-10H,11-12H2,1-4H3,(H,24,26). The monoisotopic (exact) mass is 393 g/mol. The van der Waals surface area contributed by atoms with Crippen LogP contribution in [0.5, 0.6) is 11.5 Å². The SMILES string of the molecule is COc1ccc(CNC(=O)c2oc3ccc4c(c3c2C)C(=O)CC(C)(C)O4)cc1. The van der Waals surface area contributed by atoms with Crippen LogP contribution in [0.25, 0.3) is 11.0 Å². The van der Waals surface area contributed by atoms with Gasteiger partial charge in [-0.1, -0.05) is 12.1 Å². The molecule has 2 aromatic carbocycles. The Morgan fingerprint density at radius 1 is 1.17 bits per heavy atom. The van der Waals surface area contributed by atoms with E-state index in [9.17, 15) is 9.59 Å². The Labute approximate surface area is 168 Å². The second kappa shape index (κ2) is 6.95. The molecule has 29 heavy (non-hydrogen) atoms. The highest BCUT2D eigenvalue weighted by atomic mass is 16.5. The maximum atomic E-state index is 12.8. The molecule has 0 radical (unpaired) electrons. The molecule has 4 rings (SSSR count). The first kappa shape index (κ1) is 19.1. The van der Waals surface area contributed by atoms with Crippen molar-refractivity contribution in [3.05, 3.63) is 58.8 Å². The van der Waals surface area contributed by atoms with Gasteiger partial charge in [0.15, 0.2) is 11.5 Å². The molecule has 0 atom stereocenters. The van der Waals surface area contributed by atoms with Gasteiger partial charge < -0.3 is 19.2 Å². The number of hydrogen-bond donors (Lipinski definition) is 1. The first-order chi connectivity index (χ1) is 13.8. The number of hydrogen-bond acceptors (Lipinski definition) is 5. The summed E-state index contributed by atoms with van der Waals surface area (Å²) in [6.07, 6.45) is 0.280. The van der Waals surface area contributed by atoms with Gasteiger partial charge in [0.05, 0.1) is 19.1 Å². The van der Waals surface area contributed by atoms with Gasteiger partial charge in [0.25, 0.3) is 5.91 Å². The molecule has 1 N–H and O–H groups in total. The number of aryl methyl sites for hydroxylation is 1. The number of ether oxygens (including phenoxy) is 2. The second-order valence-electron chi connectivity index (χ2n) is 7.86. The lowest BCUT2D eigenvalue weighted by Crippen LogP contribution is -2.35. The lowest BCUT2D eigenvalue weighted by Gasteiger charge is -2.31. The fourth-order valence-electron chi connectivity index (χ4n) is 3.72. The lowest BCUT2D eigenvalue weighted by atomic mass is 9.90. The van der Waals surface area contributed by atoms with Crippen molar-refractivity contribution in [2.24, 2.45) is 0 Å². The van der Waals surface area contributed by atoms with Crippen molar-refractivity contribution in [1.82, 2.24) is 5.32 Å². The number of fused-ring (bicyclic) bond motifs is 3. The van der Waals surface area contributed by atoms with E-state index in [2.05, 4.69) is 5.32 Å². The average Bonchev–Trinajstić information content (AvgIpc) is 3.02. The maximum absolute atomic E-state index is 12.8. The summed E-state index contributed by atoms with van der Waals surface area (Å²) in [4.78, 5) is 25.5. The molecule has 6 heteroatoms. The normalized spacial score (nSPS) is 15.0. The van der Waals surface area contributed by atoms with E-state index in [1.807, 2.05) is 38.1 Å². The molecule has 1 aliphatic heterocycles. The van der Waals surface area contributed by atoms with Crippen LogP contribution < -0.4 is 14.8 Å². The second-order valence-corrected chi connectivity index (χ2v) is 7.86. The van der Waals surface area contributed by atoms with E-state index in [0.29, 0.717) is 34.4 Å². The number of carbonyl (C=O) groups excluding carboxylic acids is 2. The Kier molecular flexibility index (Phi) is 4.57. The van der Waals surface area contributed by atoms with Gasteiger partial charge >= 0.3 is 0 Å². The average molecular weight is 393 g/mol. The van der Waals surface area contributed by atoms with Crippen molar-refractivity contribution in [2.75, 3.05) is 7.11 Å². The Morgan fingerprint density at radius 2 is 1.90 bits per heavy atom. The molecule has 6 nitrogen and oxygen atoms in total. The van der Waals surface area contributed by atoms with E-state index in [1.54, 1.807) is 26.2 Å². The minimum Gasteiger partial charge on any atom is -0.497 e. The number of methoxy groups -OCH3 is 1. The van der Waals surface area contributed by atoms with E-state index in [0.717, 1.165) is 11.3 Å². The van der Waals surface area contributed by atoms with Gasteiger partial charge in [-0.25, -0.2) is 0 Å². The van der Waals surface area contributed by atoms with Gasteiger partial charge in [-0.15, -0.1) is 0 Å². The minimum atomic E-state index is -0.548. The number of carbonyl (C=O) groups is 2. The van der Waals surface area contributed by atoms with Crippen LogP contribution in [0.3, 0.4) is 0 Å². The topological polar surface area (TPSA) is 77.8 Å². The molecule has 150 valence electrons. The third-order valence-corrected chi connectivity index (χ3v) is 5.13. The van der Waals surface area contributed by atoms with Crippen LogP contribution in [0.1, 0.15) is 52.3 Å². The smallest absolute Gasteiger partial charge is 0.287 e. The molecule has 0 unspecified atom stereocenters. The van der Waals surface area contributed by atoms with Crippen LogP contribution in [0.2, 0.25) is 0 Å². The summed E-state index contributed by atoms with van der Waals surface area (Å²) >= 11 is 0. The van der Waals surface area contributed by atoms with Crippen molar-refractivity contribution >= 4 is 22.7 Å². The molecule has 1 aliphatic rings. The number of furan rings is 1. The highest BCUT2D eigenvalue weighted by Crippen LogP contribution is 2.40. The van der Waals surface area contributed by atoms with E-state index < -0.39 is 5.60 Å². The largest absolute Gasteiger partial charge is 0.497 e. The van der Waals surface area contributed by atoms with E-state index >= 15 is 0 Å². The number of nitrogens with one attached hydrogen (secondary N) is 1. The van der Waals surface area contributed by atoms with Crippen LogP contribution in [0.15, 0.2) is 40.8 Å². The van der Waals surface area contributed by atoms with Crippen molar-refractivity contribution < 1.29 is 23.5 Å². The first-order valence-electron chi connectivity index (χ1n) is 9.48. The van der Waals surface area contributed by atoms with Crippen LogP contribution in [0.4, 0.5) is 0 Å². The summed E-state index contributed by atoms with van der Waals surface area (Å²) in [5, 5.41) is 3.52. The number of Topliss-reactive ketones (excluding diaryl/α,β-unsaturated/α-hetero) is 1. The van der Waals surface area contributed by atoms with Crippen LogP contribution in [-0.2, 0) is 6.54 Å². The summed E-state index contributed by atoms with van der Waals surface area (Å²) in [6, 6.07) is 10.9. The Hall–Kier alpha value is -3.28. The molecule has 1 aromatic heterocycles. The highest BCUT2D eigenvalue weighted by molar-refractivity contribution is 6.13. The van der Waals surface area contributed by atoms with Crippen molar-refractivity contribution in [3.63, 3.8) is 0 Å². The van der Waals surface area contributed by atoms with Crippen LogP contribution in [0, 0.1) is 6.92 Å². The third kappa shape index (κ3) is 3.46. The summed E-state index contributed by atoms with van der Waals surface area (Å²) in [7, 11) is 1.61. The van der Waals surface area contributed by atoms with Crippen LogP contribution in [-0.4, -0.2) is 24.4 Å². The molecule has 2 heterocycles. The molecule has 0 saturated heterocycles. The van der Waals surface area contributed by atoms with Gasteiger partial charge in [-0.3, -0.25) is 9.59 Å². The van der Waals surface area contributed by atoms with Gasteiger partial charge in [-0.05, 0) is 50.6 Å². The number of ketones is 1. The van der Waals surface area contributed by atoms with Gasteiger partial charge in [-0.2, -0.15) is 0 Å². The molecule has 0 fully saturated rings. The number of benzene rings is 2. The lowest BCUT2D eigenvalue weighted by molar-refractivity contribution is 0.0623. The quantitative estimate of drug-likeness (QED) is 0.710. The van der Waals surface area contributed by atoms with E-state index in [-0.39, 0.29) is 23.9 Å². The van der Waals surface area contributed by atoms with Crippen molar-refractivity contribution in [1.29, 1.82) is 0 Å². The predicted molar refractivity (Wildman–Crippen MR) is 109 cm³/mol. The summed E-state index contributed by atoms with van der Waals surface area (Å²) in [5.41, 5.74) is 2.04. The molecule has 0 saturated carbocycles. The van der Waals surface area contributed by atoms with Gasteiger partial charge in [0.2, 0.25) is 0 Å². The molecular weight excluding hydrogens is 370 g/mol. The zero-order valence-electron chi connectivity index (χ0n) is 16.9. The van der Waals surface area contributed by atoms with Crippen LogP contribution >= 0.6 is 0 Å². The first-order valence-corrected chi connectivity index (χ1v) is 9.48. The highest BCUT2D eigenvalue weighted by Gasteiger charge is 2.35. The van der Waals surface area contributed by atoms with Crippen molar-refractivity contribution in [2.45, 2.75) is 39.3 Å². The summed E-state index contributed by atoms with van der Waals surface area (Å²) in [6.45, 7) is 5.92. The zero-order valence-corrected chi connectivity index (χ0v) is 16.9. The minimum absolute atomic E-state index is 0.00376. The Bertz CT molecular complexity index is 1110. The summed E-state index contributed by atoms with van der Waals surface area (Å²) in [5.74, 6) is 1.17. The molecule has 0 bridgehead atoms. The van der Waals surface area contributed by atoms with E-state index in [4.69, 9.17) is 13.9 Å². The predicted octanol–water partition coefficient (Wildman–Crippen LogP) is 4.42. The Balaban J connectivity index is 1.63. The molecule has 1 amide bonds. The maximum Gasteiger partial charge on any atom is 0.287 e. The fraction of sp³-hybridized carbons (Fsp3) is 0.304. The fourth-order valence-corrected chi connectivity index (χ4v) is 3.72. The third-order valence-electron chi connectivity index (χ3n) is 5.13. The molecule has 0 aliphatic carbocycles. The number of rotatable bonds is 4.